The molecule has 29 heavy (non-hydrogen) atoms. The first-order chi connectivity index (χ1) is 14.0. The summed E-state index contributed by atoms with van der Waals surface area (Å²) in [5, 5.41) is 18.1. The third-order valence-corrected chi connectivity index (χ3v) is 6.21. The first-order valence-electron chi connectivity index (χ1n) is 9.22. The van der Waals surface area contributed by atoms with Crippen molar-refractivity contribution < 1.29 is 14.6 Å². The van der Waals surface area contributed by atoms with Gasteiger partial charge in [-0.05, 0) is 48.4 Å². The quantitative estimate of drug-likeness (QED) is 0.473. The van der Waals surface area contributed by atoms with Crippen LogP contribution in [0.25, 0.3) is 11.3 Å². The van der Waals surface area contributed by atoms with E-state index in [1.807, 2.05) is 61.7 Å². The van der Waals surface area contributed by atoms with E-state index in [1.54, 1.807) is 21.3 Å². The van der Waals surface area contributed by atoms with Gasteiger partial charge in [0.15, 0.2) is 0 Å². The predicted octanol–water partition coefficient (Wildman–Crippen LogP) is 3.25. The molecule has 1 aliphatic rings. The standard InChI is InChI=1S/C21H20N4O2S2/c1-4-29-21-22-19(27)18-16-7-5-6-8-17(16)24(13(2)26)20(25(18)23-21)14-9-11-15(28-3)12-10-14/h5-12,20H,4H2,1-3H3. The van der Waals surface area contributed by atoms with Crippen LogP contribution in [0.5, 0.6) is 5.88 Å². The van der Waals surface area contributed by atoms with Gasteiger partial charge < -0.3 is 5.11 Å². The zero-order valence-corrected chi connectivity index (χ0v) is 18.0. The molecule has 0 aliphatic carbocycles. The van der Waals surface area contributed by atoms with E-state index < -0.39 is 6.17 Å². The number of nitrogens with zero attached hydrogens (tertiary/aromatic N) is 4. The maximum Gasteiger partial charge on any atom is 0.293 e. The Bertz CT molecular complexity index is 1070. The van der Waals surface area contributed by atoms with Gasteiger partial charge in [-0.2, -0.15) is 0 Å². The Morgan fingerprint density at radius 3 is 2.59 bits per heavy atom. The van der Waals surface area contributed by atoms with Crippen molar-refractivity contribution in [2.45, 2.75) is 30.1 Å². The van der Waals surface area contributed by atoms with E-state index in [2.05, 4.69) is 10.1 Å². The molecule has 3 aromatic rings. The number of amides is 1. The molecule has 0 radical (unpaired) electrons. The van der Waals surface area contributed by atoms with Crippen molar-refractivity contribution in [3.63, 3.8) is 0 Å². The SMILES string of the molecule is CCSc1nc([O-])c2[n+](n1)C(c1ccc(SC)cc1)N(C(C)=O)c1ccccc1-2. The summed E-state index contributed by atoms with van der Waals surface area (Å²) in [5.41, 5.74) is 2.63. The molecule has 0 saturated carbocycles. The van der Waals surface area contributed by atoms with Gasteiger partial charge in [0, 0.05) is 22.5 Å². The van der Waals surface area contributed by atoms with Crippen molar-refractivity contribution in [2.24, 2.45) is 0 Å². The van der Waals surface area contributed by atoms with Crippen LogP contribution < -0.4 is 14.7 Å². The van der Waals surface area contributed by atoms with Crippen molar-refractivity contribution in [2.75, 3.05) is 16.9 Å². The highest BCUT2D eigenvalue weighted by Gasteiger charge is 2.43. The van der Waals surface area contributed by atoms with Crippen LogP contribution in [0.3, 0.4) is 0 Å². The summed E-state index contributed by atoms with van der Waals surface area (Å²) in [7, 11) is 0. The van der Waals surface area contributed by atoms with Gasteiger partial charge in [0.25, 0.3) is 17.0 Å². The number of rotatable bonds is 4. The van der Waals surface area contributed by atoms with Gasteiger partial charge in [0.2, 0.25) is 5.91 Å². The Kier molecular flexibility index (Phi) is 5.47. The lowest BCUT2D eigenvalue weighted by Gasteiger charge is -2.32. The van der Waals surface area contributed by atoms with Crippen LogP contribution in [-0.2, 0) is 4.79 Å². The van der Waals surface area contributed by atoms with Crippen LogP contribution in [0.4, 0.5) is 5.69 Å². The largest absolute Gasteiger partial charge is 0.854 e. The molecule has 1 unspecified atom stereocenters. The van der Waals surface area contributed by atoms with Crippen molar-refractivity contribution in [3.8, 4) is 17.1 Å². The van der Waals surface area contributed by atoms with E-state index in [9.17, 15) is 9.90 Å². The second-order valence-electron chi connectivity index (χ2n) is 6.48. The van der Waals surface area contributed by atoms with Gasteiger partial charge in [-0.1, -0.05) is 35.5 Å². The summed E-state index contributed by atoms with van der Waals surface area (Å²) in [6, 6.07) is 15.4. The molecule has 0 fully saturated rings. The molecule has 4 rings (SSSR count). The zero-order valence-electron chi connectivity index (χ0n) is 16.3. The third-order valence-electron chi connectivity index (χ3n) is 4.74. The van der Waals surface area contributed by atoms with E-state index in [-0.39, 0.29) is 11.8 Å². The molecule has 1 amide bonds. The fourth-order valence-corrected chi connectivity index (χ4v) is 4.50. The number of para-hydroxylation sites is 1. The van der Waals surface area contributed by atoms with Crippen molar-refractivity contribution in [3.05, 3.63) is 54.1 Å². The number of aromatic nitrogens is 3. The minimum absolute atomic E-state index is 0.120. The molecule has 0 spiro atoms. The number of hydrogen-bond acceptors (Lipinski definition) is 6. The first kappa shape index (κ1) is 19.7. The number of benzene rings is 2. The normalized spacial score (nSPS) is 15.0. The van der Waals surface area contributed by atoms with Gasteiger partial charge in [-0.15, -0.1) is 11.8 Å². The molecule has 0 N–H and O–H groups in total. The minimum atomic E-state index is -0.555. The summed E-state index contributed by atoms with van der Waals surface area (Å²) >= 11 is 3.06. The highest BCUT2D eigenvalue weighted by molar-refractivity contribution is 7.99. The molecule has 0 saturated heterocycles. The molecule has 8 heteroatoms. The Morgan fingerprint density at radius 2 is 1.93 bits per heavy atom. The molecule has 148 valence electrons. The molecule has 1 aromatic heterocycles. The molecule has 1 aliphatic heterocycles. The molecular formula is C21H20N4O2S2. The van der Waals surface area contributed by atoms with Gasteiger partial charge in [0.1, 0.15) is 0 Å². The molecule has 6 nitrogen and oxygen atoms in total. The van der Waals surface area contributed by atoms with Crippen LogP contribution in [-0.4, -0.2) is 28.0 Å². The number of fused-ring (bicyclic) bond motifs is 3. The number of anilines is 1. The van der Waals surface area contributed by atoms with E-state index in [1.165, 1.54) is 18.7 Å². The highest BCUT2D eigenvalue weighted by atomic mass is 32.2. The second-order valence-corrected chi connectivity index (χ2v) is 8.59. The Balaban J connectivity index is 2.01. The van der Waals surface area contributed by atoms with E-state index in [0.717, 1.165) is 16.2 Å². The average Bonchev–Trinajstić information content (AvgIpc) is 2.72. The Morgan fingerprint density at radius 1 is 1.21 bits per heavy atom. The van der Waals surface area contributed by atoms with Crippen LogP contribution in [0.1, 0.15) is 25.6 Å². The summed E-state index contributed by atoms with van der Waals surface area (Å²) in [6.45, 7) is 3.52. The first-order valence-corrected chi connectivity index (χ1v) is 11.4. The number of hydrogen-bond donors (Lipinski definition) is 0. The van der Waals surface area contributed by atoms with Gasteiger partial charge >= 0.3 is 0 Å². The lowest BCUT2D eigenvalue weighted by molar-refractivity contribution is -0.764. The third kappa shape index (κ3) is 3.47. The number of carbonyl (C=O) groups is 1. The molecule has 2 heterocycles. The van der Waals surface area contributed by atoms with Crippen molar-refractivity contribution in [1.82, 2.24) is 10.1 Å². The van der Waals surface area contributed by atoms with Gasteiger partial charge in [-0.3, -0.25) is 4.79 Å². The Hall–Kier alpha value is -2.58. The van der Waals surface area contributed by atoms with Crippen LogP contribution in [0, 0.1) is 0 Å². The van der Waals surface area contributed by atoms with Crippen LogP contribution in [0.15, 0.2) is 58.6 Å². The second kappa shape index (κ2) is 8.04. The molecule has 2 aromatic carbocycles. The Labute approximate surface area is 178 Å². The van der Waals surface area contributed by atoms with E-state index in [0.29, 0.717) is 22.1 Å². The summed E-state index contributed by atoms with van der Waals surface area (Å²) in [6.07, 6.45) is 1.46. The minimum Gasteiger partial charge on any atom is -0.854 e. The fraction of sp³-hybridized carbons (Fsp3) is 0.238. The monoisotopic (exact) mass is 424 g/mol. The summed E-state index contributed by atoms with van der Waals surface area (Å²) < 4.78 is 1.66. The molecular weight excluding hydrogens is 404 g/mol. The smallest absolute Gasteiger partial charge is 0.293 e. The predicted molar refractivity (Wildman–Crippen MR) is 113 cm³/mol. The lowest BCUT2D eigenvalue weighted by atomic mass is 10.0. The van der Waals surface area contributed by atoms with Crippen molar-refractivity contribution >= 4 is 35.1 Å². The topological polar surface area (TPSA) is 73.0 Å². The van der Waals surface area contributed by atoms with Gasteiger partial charge in [0.05, 0.1) is 17.1 Å². The number of thioether (sulfide) groups is 2. The van der Waals surface area contributed by atoms with Crippen LogP contribution in [0.2, 0.25) is 0 Å². The summed E-state index contributed by atoms with van der Waals surface area (Å²) in [4.78, 5) is 19.7. The average molecular weight is 425 g/mol. The van der Waals surface area contributed by atoms with Crippen molar-refractivity contribution in [1.29, 1.82) is 0 Å². The van der Waals surface area contributed by atoms with E-state index >= 15 is 0 Å². The van der Waals surface area contributed by atoms with Crippen LogP contribution >= 0.6 is 23.5 Å². The lowest BCUT2D eigenvalue weighted by Crippen LogP contribution is -2.58. The highest BCUT2D eigenvalue weighted by Crippen LogP contribution is 2.40. The fourth-order valence-electron chi connectivity index (χ4n) is 3.54. The van der Waals surface area contributed by atoms with Gasteiger partial charge in [-0.25, -0.2) is 9.88 Å². The zero-order chi connectivity index (χ0) is 20.5. The van der Waals surface area contributed by atoms with E-state index in [4.69, 9.17) is 0 Å². The maximum absolute atomic E-state index is 13.0. The summed E-state index contributed by atoms with van der Waals surface area (Å²) in [5.74, 6) is 0.293. The molecule has 0 bridgehead atoms. The maximum atomic E-state index is 13.0. The molecule has 1 atom stereocenters. The number of carbonyl (C=O) groups excluding carboxylic acids is 1.